The Bertz CT molecular complexity index is 1560. The van der Waals surface area contributed by atoms with Crippen molar-refractivity contribution in [2.75, 3.05) is 36.4 Å². The Labute approximate surface area is 208 Å². The number of hydrogen-bond donors (Lipinski definition) is 2. The quantitative estimate of drug-likeness (QED) is 0.446. The second-order valence-electron chi connectivity index (χ2n) is 8.58. The second-order valence-corrected chi connectivity index (χ2v) is 11.7. The predicted molar refractivity (Wildman–Crippen MR) is 129 cm³/mol. The van der Waals surface area contributed by atoms with E-state index in [1.165, 1.54) is 23.5 Å². The molecule has 1 aromatic carbocycles. The molecule has 0 spiro atoms. The molecule has 3 heterocycles. The first-order chi connectivity index (χ1) is 17.1. The van der Waals surface area contributed by atoms with Crippen LogP contribution in [0.25, 0.3) is 10.9 Å². The summed E-state index contributed by atoms with van der Waals surface area (Å²) >= 11 is 0.746. The number of nitrogens with zero attached hydrogens (tertiary/aromatic N) is 5. The molecule has 2 aliphatic rings. The molecule has 15 heteroatoms. The standard InChI is InChI=1S/C21H21FN6O6S2/c1-11(29)23-20-24-25-21(35-20)36(33,34)27-6-4-26(5-7-27)17-9-16-13(8-15(17)22)18(30)14(19(31)32)10-28(16)12-2-3-12/h8-10,12H,2-7H2,1H3,(H,31,32)(H,23,24,29). The lowest BCUT2D eigenvalue weighted by Crippen LogP contribution is -2.49. The van der Waals surface area contributed by atoms with E-state index < -0.39 is 38.7 Å². The summed E-state index contributed by atoms with van der Waals surface area (Å²) in [6.45, 7) is 1.75. The molecule has 5 rings (SSSR count). The van der Waals surface area contributed by atoms with Crippen LogP contribution < -0.4 is 15.6 Å². The van der Waals surface area contributed by atoms with Gasteiger partial charge >= 0.3 is 5.97 Å². The number of carboxylic acids is 1. The highest BCUT2D eigenvalue weighted by molar-refractivity contribution is 7.91. The largest absolute Gasteiger partial charge is 0.477 e. The summed E-state index contributed by atoms with van der Waals surface area (Å²) in [7, 11) is -3.95. The van der Waals surface area contributed by atoms with E-state index in [1.54, 1.807) is 9.47 Å². The molecule has 1 aliphatic heterocycles. The van der Waals surface area contributed by atoms with Crippen molar-refractivity contribution in [3.63, 3.8) is 0 Å². The minimum absolute atomic E-state index is 0.00416. The number of carbonyl (C=O) groups excluding carboxylic acids is 1. The van der Waals surface area contributed by atoms with E-state index >= 15 is 4.39 Å². The predicted octanol–water partition coefficient (Wildman–Crippen LogP) is 1.49. The second kappa shape index (κ2) is 8.90. The van der Waals surface area contributed by atoms with Crippen molar-refractivity contribution < 1.29 is 27.5 Å². The van der Waals surface area contributed by atoms with Gasteiger partial charge in [0.05, 0.1) is 11.2 Å². The monoisotopic (exact) mass is 536 g/mol. The van der Waals surface area contributed by atoms with Crippen LogP contribution >= 0.6 is 11.3 Å². The summed E-state index contributed by atoms with van der Waals surface area (Å²) in [5.41, 5.74) is -0.497. The first-order valence-corrected chi connectivity index (χ1v) is 13.3. The summed E-state index contributed by atoms with van der Waals surface area (Å²) in [4.78, 5) is 37.1. The highest BCUT2D eigenvalue weighted by Crippen LogP contribution is 2.38. The van der Waals surface area contributed by atoms with E-state index in [2.05, 4.69) is 15.5 Å². The summed E-state index contributed by atoms with van der Waals surface area (Å²) in [5, 5.41) is 19.2. The van der Waals surface area contributed by atoms with Gasteiger partial charge in [0.2, 0.25) is 20.8 Å². The molecule has 0 bridgehead atoms. The van der Waals surface area contributed by atoms with Crippen molar-refractivity contribution in [1.82, 2.24) is 19.1 Å². The van der Waals surface area contributed by atoms with Crippen LogP contribution in [0.2, 0.25) is 0 Å². The number of aromatic nitrogens is 3. The number of sulfonamides is 1. The third-order valence-corrected chi connectivity index (χ3v) is 9.18. The van der Waals surface area contributed by atoms with E-state index in [-0.39, 0.29) is 52.8 Å². The van der Waals surface area contributed by atoms with Crippen molar-refractivity contribution in [2.45, 2.75) is 30.1 Å². The highest BCUT2D eigenvalue weighted by atomic mass is 32.2. The molecular formula is C21H21FN6O6S2. The Kier molecular flexibility index (Phi) is 6.00. The zero-order valence-corrected chi connectivity index (χ0v) is 20.6. The van der Waals surface area contributed by atoms with Crippen molar-refractivity contribution in [3.8, 4) is 0 Å². The number of amides is 1. The van der Waals surface area contributed by atoms with Crippen LogP contribution in [-0.4, -0.2) is 70.6 Å². The molecule has 2 aromatic heterocycles. The van der Waals surface area contributed by atoms with Crippen LogP contribution in [0.4, 0.5) is 15.2 Å². The fraction of sp³-hybridized carbons (Fsp3) is 0.381. The Morgan fingerprint density at radius 2 is 1.86 bits per heavy atom. The first-order valence-electron chi connectivity index (χ1n) is 11.0. The number of halogens is 1. The fourth-order valence-corrected chi connectivity index (χ4v) is 6.71. The Morgan fingerprint density at radius 3 is 2.47 bits per heavy atom. The zero-order chi connectivity index (χ0) is 25.8. The molecule has 0 radical (unpaired) electrons. The number of anilines is 2. The van der Waals surface area contributed by atoms with Gasteiger partial charge in [0.1, 0.15) is 11.4 Å². The lowest BCUT2D eigenvalue weighted by Gasteiger charge is -2.35. The van der Waals surface area contributed by atoms with Crippen molar-refractivity contribution in [2.24, 2.45) is 0 Å². The van der Waals surface area contributed by atoms with Crippen LogP contribution in [-0.2, 0) is 14.8 Å². The third kappa shape index (κ3) is 4.33. The van der Waals surface area contributed by atoms with Gasteiger partial charge in [-0.1, -0.05) is 11.3 Å². The molecule has 1 saturated heterocycles. The van der Waals surface area contributed by atoms with Crippen LogP contribution in [0.15, 0.2) is 27.5 Å². The smallest absolute Gasteiger partial charge is 0.341 e. The van der Waals surface area contributed by atoms with Gasteiger partial charge in [-0.3, -0.25) is 9.59 Å². The van der Waals surface area contributed by atoms with E-state index in [4.69, 9.17) is 0 Å². The number of rotatable bonds is 6. The number of pyridine rings is 1. The maximum Gasteiger partial charge on any atom is 0.341 e. The van der Waals surface area contributed by atoms with Crippen molar-refractivity contribution in [3.05, 3.63) is 39.9 Å². The topological polar surface area (TPSA) is 155 Å². The Morgan fingerprint density at radius 1 is 1.17 bits per heavy atom. The summed E-state index contributed by atoms with van der Waals surface area (Å²) in [6, 6.07) is 2.64. The van der Waals surface area contributed by atoms with Crippen LogP contribution in [0.5, 0.6) is 0 Å². The maximum atomic E-state index is 15.1. The minimum Gasteiger partial charge on any atom is -0.477 e. The lowest BCUT2D eigenvalue weighted by atomic mass is 10.1. The normalized spacial score (nSPS) is 16.9. The number of aromatic carboxylic acids is 1. The van der Waals surface area contributed by atoms with Crippen LogP contribution in [0.1, 0.15) is 36.2 Å². The van der Waals surface area contributed by atoms with Gasteiger partial charge in [0.25, 0.3) is 10.0 Å². The highest BCUT2D eigenvalue weighted by Gasteiger charge is 2.33. The molecule has 0 unspecified atom stereocenters. The fourth-order valence-electron chi connectivity index (χ4n) is 4.20. The summed E-state index contributed by atoms with van der Waals surface area (Å²) < 4.78 is 43.8. The number of carboxylic acid groups (broad SMARTS) is 1. The number of piperazine rings is 1. The number of hydrogen-bond acceptors (Lipinski definition) is 9. The lowest BCUT2D eigenvalue weighted by molar-refractivity contribution is -0.114. The Balaban J connectivity index is 1.41. The molecule has 1 saturated carbocycles. The van der Waals surface area contributed by atoms with Crippen molar-refractivity contribution >= 4 is 55.0 Å². The van der Waals surface area contributed by atoms with E-state index in [9.17, 15) is 27.9 Å². The molecule has 2 N–H and O–H groups in total. The molecule has 3 aromatic rings. The third-order valence-electron chi connectivity index (χ3n) is 6.10. The minimum atomic E-state index is -3.95. The molecule has 2 fully saturated rings. The van der Waals surface area contributed by atoms with Gasteiger partial charge < -0.3 is 19.9 Å². The van der Waals surface area contributed by atoms with E-state index in [0.717, 1.165) is 30.2 Å². The van der Waals surface area contributed by atoms with Crippen molar-refractivity contribution in [1.29, 1.82) is 0 Å². The van der Waals surface area contributed by atoms with Gasteiger partial charge in [-0.15, -0.1) is 10.2 Å². The van der Waals surface area contributed by atoms with Gasteiger partial charge in [0, 0.05) is 50.7 Å². The molecule has 0 atom stereocenters. The molecule has 12 nitrogen and oxygen atoms in total. The molecular weight excluding hydrogens is 515 g/mol. The zero-order valence-electron chi connectivity index (χ0n) is 19.0. The average Bonchev–Trinajstić information content (AvgIpc) is 3.56. The number of nitrogens with one attached hydrogen (secondary N) is 1. The molecule has 36 heavy (non-hydrogen) atoms. The summed E-state index contributed by atoms with van der Waals surface area (Å²) in [5.74, 6) is -2.45. The van der Waals surface area contributed by atoms with E-state index in [1.807, 2.05) is 0 Å². The van der Waals surface area contributed by atoms with E-state index in [0.29, 0.717) is 5.52 Å². The van der Waals surface area contributed by atoms with Gasteiger partial charge in [-0.2, -0.15) is 4.31 Å². The Hall–Kier alpha value is -3.43. The SMILES string of the molecule is CC(=O)Nc1nnc(S(=O)(=O)N2CCN(c3cc4c(cc3F)c(=O)c(C(=O)O)cn4C3CC3)CC2)s1. The van der Waals surface area contributed by atoms with Gasteiger partial charge in [0.15, 0.2) is 0 Å². The number of carbonyl (C=O) groups is 2. The van der Waals surface area contributed by atoms with Crippen LogP contribution in [0.3, 0.4) is 0 Å². The maximum absolute atomic E-state index is 15.1. The van der Waals surface area contributed by atoms with Gasteiger partial charge in [-0.25, -0.2) is 17.6 Å². The molecule has 1 amide bonds. The molecule has 1 aliphatic carbocycles. The number of fused-ring (bicyclic) bond motifs is 1. The summed E-state index contributed by atoms with van der Waals surface area (Å²) in [6.07, 6.45) is 2.97. The number of benzene rings is 1. The van der Waals surface area contributed by atoms with Gasteiger partial charge in [-0.05, 0) is 25.0 Å². The first kappa shape index (κ1) is 24.3. The van der Waals surface area contributed by atoms with Crippen LogP contribution in [0, 0.1) is 5.82 Å². The average molecular weight is 537 g/mol. The molecule has 190 valence electrons.